The predicted molar refractivity (Wildman–Crippen MR) is 148 cm³/mol. The first-order valence-electron chi connectivity index (χ1n) is 13.0. The van der Waals surface area contributed by atoms with Crippen molar-refractivity contribution in [2.24, 2.45) is 5.92 Å². The molecule has 1 saturated carbocycles. The van der Waals surface area contributed by atoms with E-state index in [1.807, 2.05) is 0 Å². The number of ether oxygens (including phenoxy) is 1. The highest BCUT2D eigenvalue weighted by molar-refractivity contribution is 7.99. The molecule has 0 unspecified atom stereocenters. The van der Waals surface area contributed by atoms with Gasteiger partial charge in [-0.2, -0.15) is 0 Å². The normalized spacial score (nSPS) is 14.2. The van der Waals surface area contributed by atoms with Crippen LogP contribution < -0.4 is 15.6 Å². The van der Waals surface area contributed by atoms with Gasteiger partial charge in [-0.05, 0) is 67.6 Å². The van der Waals surface area contributed by atoms with Gasteiger partial charge in [-0.3, -0.25) is 19.0 Å². The first kappa shape index (κ1) is 26.9. The molecule has 0 bridgehead atoms. The summed E-state index contributed by atoms with van der Waals surface area (Å²) in [5.74, 6) is 1.05. The number of hydrogen-bond acceptors (Lipinski definition) is 6. The molecule has 1 amide bonds. The highest BCUT2D eigenvalue weighted by Crippen LogP contribution is 2.23. The predicted octanol–water partition coefficient (Wildman–Crippen LogP) is 5.49. The number of benzene rings is 2. The lowest BCUT2D eigenvalue weighted by Crippen LogP contribution is -2.36. The van der Waals surface area contributed by atoms with Gasteiger partial charge in [-0.15, -0.1) is 0 Å². The second kappa shape index (κ2) is 12.4. The van der Waals surface area contributed by atoms with Gasteiger partial charge in [0, 0.05) is 23.7 Å². The van der Waals surface area contributed by atoms with Crippen LogP contribution in [0.25, 0.3) is 10.9 Å². The van der Waals surface area contributed by atoms with Gasteiger partial charge >= 0.3 is 0 Å². The van der Waals surface area contributed by atoms with Crippen LogP contribution in [0.1, 0.15) is 73.1 Å². The summed E-state index contributed by atoms with van der Waals surface area (Å²) in [6.45, 7) is 4.73. The SMILES string of the molecule is COc1ccc(C(=O)CSc2nc3cc(C(=O)NC4CCCCC4)ccc3c(=O)n2CCC(C)C)cc1. The van der Waals surface area contributed by atoms with Gasteiger partial charge in [0.05, 0.1) is 23.8 Å². The maximum Gasteiger partial charge on any atom is 0.262 e. The molecular weight excluding hydrogens is 486 g/mol. The molecule has 3 aromatic rings. The summed E-state index contributed by atoms with van der Waals surface area (Å²) in [6, 6.07) is 12.3. The molecule has 1 aliphatic rings. The molecular formula is C29H35N3O4S. The summed E-state index contributed by atoms with van der Waals surface area (Å²) < 4.78 is 6.83. The average molecular weight is 522 g/mol. The van der Waals surface area contributed by atoms with E-state index in [2.05, 4.69) is 19.2 Å². The molecule has 2 aromatic carbocycles. The molecule has 0 aliphatic heterocycles. The quantitative estimate of drug-likeness (QED) is 0.216. The molecule has 4 rings (SSSR count). The minimum Gasteiger partial charge on any atom is -0.497 e. The number of carbonyl (C=O) groups excluding carboxylic acids is 2. The van der Waals surface area contributed by atoms with Gasteiger partial charge in [-0.25, -0.2) is 4.98 Å². The van der Waals surface area contributed by atoms with E-state index in [0.29, 0.717) is 45.4 Å². The Hall–Kier alpha value is -3.13. The third-order valence-corrected chi connectivity index (χ3v) is 7.77. The zero-order chi connectivity index (χ0) is 26.4. The van der Waals surface area contributed by atoms with Crippen molar-refractivity contribution in [3.8, 4) is 5.75 Å². The highest BCUT2D eigenvalue weighted by Gasteiger charge is 2.19. The third kappa shape index (κ3) is 6.80. The van der Waals surface area contributed by atoms with Gasteiger partial charge in [0.15, 0.2) is 10.9 Å². The van der Waals surface area contributed by atoms with Crippen LogP contribution in [-0.2, 0) is 6.54 Å². The molecule has 0 radical (unpaired) electrons. The summed E-state index contributed by atoms with van der Waals surface area (Å²) in [6.07, 6.45) is 6.31. The molecule has 7 nitrogen and oxygen atoms in total. The minimum atomic E-state index is -0.149. The van der Waals surface area contributed by atoms with Crippen LogP contribution in [0.2, 0.25) is 0 Å². The lowest BCUT2D eigenvalue weighted by Gasteiger charge is -2.22. The number of methoxy groups -OCH3 is 1. The largest absolute Gasteiger partial charge is 0.497 e. The second-order valence-electron chi connectivity index (χ2n) is 10.0. The molecule has 196 valence electrons. The number of aromatic nitrogens is 2. The van der Waals surface area contributed by atoms with Crippen LogP contribution in [0.5, 0.6) is 5.75 Å². The molecule has 1 heterocycles. The molecule has 0 saturated heterocycles. The number of nitrogens with one attached hydrogen (secondary N) is 1. The van der Waals surface area contributed by atoms with Crippen molar-refractivity contribution in [2.75, 3.05) is 12.9 Å². The van der Waals surface area contributed by atoms with Crippen LogP contribution in [-0.4, -0.2) is 40.1 Å². The fourth-order valence-corrected chi connectivity index (χ4v) is 5.46. The van der Waals surface area contributed by atoms with Crippen molar-refractivity contribution >= 4 is 34.4 Å². The molecule has 1 aliphatic carbocycles. The van der Waals surface area contributed by atoms with Crippen LogP contribution >= 0.6 is 11.8 Å². The second-order valence-corrected chi connectivity index (χ2v) is 11.0. The number of hydrogen-bond donors (Lipinski definition) is 1. The van der Waals surface area contributed by atoms with E-state index in [1.54, 1.807) is 54.1 Å². The van der Waals surface area contributed by atoms with Gasteiger partial charge in [0.25, 0.3) is 11.5 Å². The Morgan fingerprint density at radius 3 is 2.46 bits per heavy atom. The van der Waals surface area contributed by atoms with Crippen LogP contribution in [0.3, 0.4) is 0 Å². The fourth-order valence-electron chi connectivity index (χ4n) is 4.54. The Morgan fingerprint density at radius 2 is 1.78 bits per heavy atom. The number of Topliss-reactive ketones (excluding diaryl/α,β-unsaturated/α-hetero) is 1. The number of amides is 1. The summed E-state index contributed by atoms with van der Waals surface area (Å²) >= 11 is 1.25. The Kier molecular flexibility index (Phi) is 9.03. The van der Waals surface area contributed by atoms with Gasteiger partial charge in [-0.1, -0.05) is 44.9 Å². The van der Waals surface area contributed by atoms with Crippen molar-refractivity contribution in [1.29, 1.82) is 0 Å². The molecule has 1 N–H and O–H groups in total. The van der Waals surface area contributed by atoms with Gasteiger partial charge < -0.3 is 10.1 Å². The van der Waals surface area contributed by atoms with E-state index in [0.717, 1.165) is 32.1 Å². The smallest absolute Gasteiger partial charge is 0.262 e. The van der Waals surface area contributed by atoms with Crippen LogP contribution in [0.4, 0.5) is 0 Å². The number of thioether (sulfide) groups is 1. The lowest BCUT2D eigenvalue weighted by atomic mass is 9.95. The molecule has 1 aromatic heterocycles. The standard InChI is InChI=1S/C29H35N3O4S/c1-19(2)15-16-32-28(35)24-14-11-21(27(34)30-22-7-5-4-6-8-22)17-25(24)31-29(32)37-18-26(33)20-9-12-23(36-3)13-10-20/h9-14,17,19,22H,4-8,15-16,18H2,1-3H3,(H,30,34). The monoisotopic (exact) mass is 521 g/mol. The first-order chi connectivity index (χ1) is 17.9. The molecule has 1 fully saturated rings. The number of fused-ring (bicyclic) bond motifs is 1. The number of ketones is 1. The van der Waals surface area contributed by atoms with E-state index >= 15 is 0 Å². The number of nitrogens with zero attached hydrogens (tertiary/aromatic N) is 2. The van der Waals surface area contributed by atoms with Crippen molar-refractivity contribution in [2.45, 2.75) is 70.1 Å². The van der Waals surface area contributed by atoms with Crippen molar-refractivity contribution in [3.05, 3.63) is 63.9 Å². The zero-order valence-electron chi connectivity index (χ0n) is 21.8. The maximum absolute atomic E-state index is 13.5. The van der Waals surface area contributed by atoms with Crippen molar-refractivity contribution < 1.29 is 14.3 Å². The number of carbonyl (C=O) groups is 2. The summed E-state index contributed by atoms with van der Waals surface area (Å²) in [5.41, 5.74) is 1.40. The molecule has 37 heavy (non-hydrogen) atoms. The van der Waals surface area contributed by atoms with E-state index in [4.69, 9.17) is 9.72 Å². The Bertz CT molecular complexity index is 1310. The van der Waals surface area contributed by atoms with E-state index in [9.17, 15) is 14.4 Å². The van der Waals surface area contributed by atoms with E-state index in [1.165, 1.54) is 18.2 Å². The van der Waals surface area contributed by atoms with Gasteiger partial charge in [0.2, 0.25) is 0 Å². The fraction of sp³-hybridized carbons (Fsp3) is 0.448. The van der Waals surface area contributed by atoms with E-state index in [-0.39, 0.29) is 29.0 Å². The lowest BCUT2D eigenvalue weighted by molar-refractivity contribution is 0.0927. The number of rotatable bonds is 10. The molecule has 0 atom stereocenters. The van der Waals surface area contributed by atoms with Crippen molar-refractivity contribution in [3.63, 3.8) is 0 Å². The van der Waals surface area contributed by atoms with Gasteiger partial charge in [0.1, 0.15) is 5.75 Å². The van der Waals surface area contributed by atoms with Crippen molar-refractivity contribution in [1.82, 2.24) is 14.9 Å². The average Bonchev–Trinajstić information content (AvgIpc) is 2.91. The summed E-state index contributed by atoms with van der Waals surface area (Å²) in [4.78, 5) is 44.0. The summed E-state index contributed by atoms with van der Waals surface area (Å²) in [5, 5.41) is 4.10. The topological polar surface area (TPSA) is 90.3 Å². The van der Waals surface area contributed by atoms with Crippen LogP contribution in [0, 0.1) is 5.92 Å². The Morgan fingerprint density at radius 1 is 1.08 bits per heavy atom. The van der Waals surface area contributed by atoms with Crippen LogP contribution in [0.15, 0.2) is 52.4 Å². The van der Waals surface area contributed by atoms with E-state index < -0.39 is 0 Å². The molecule has 0 spiro atoms. The maximum atomic E-state index is 13.5. The highest BCUT2D eigenvalue weighted by atomic mass is 32.2. The first-order valence-corrected chi connectivity index (χ1v) is 14.0. The minimum absolute atomic E-state index is 0.0574. The molecule has 8 heteroatoms. The summed E-state index contributed by atoms with van der Waals surface area (Å²) in [7, 11) is 1.58. The third-order valence-electron chi connectivity index (χ3n) is 6.80. The zero-order valence-corrected chi connectivity index (χ0v) is 22.6. The Labute approximate surface area is 222 Å². The Balaban J connectivity index is 1.60.